The van der Waals surface area contributed by atoms with Gasteiger partial charge >= 0.3 is 0 Å². The van der Waals surface area contributed by atoms with Crippen molar-refractivity contribution in [3.05, 3.63) is 65.0 Å². The number of nitrogens with zero attached hydrogens (tertiary/aromatic N) is 1. The molecule has 104 valence electrons. The van der Waals surface area contributed by atoms with Crippen LogP contribution in [-0.4, -0.2) is 6.21 Å². The quantitative estimate of drug-likeness (QED) is 0.405. The predicted octanol–water partition coefficient (Wildman–Crippen LogP) is 2.98. The SMILES string of the molecule is NN=Cc1ccc(COc2ccc(F)c(F)c2F)cc1. The molecule has 0 aliphatic carbocycles. The lowest BCUT2D eigenvalue weighted by molar-refractivity contribution is 0.281. The van der Waals surface area contributed by atoms with Crippen molar-refractivity contribution in [3.8, 4) is 5.75 Å². The van der Waals surface area contributed by atoms with Gasteiger partial charge in [0.25, 0.3) is 0 Å². The van der Waals surface area contributed by atoms with Gasteiger partial charge in [-0.3, -0.25) is 0 Å². The highest BCUT2D eigenvalue weighted by atomic mass is 19.2. The van der Waals surface area contributed by atoms with Gasteiger partial charge in [-0.05, 0) is 23.3 Å². The van der Waals surface area contributed by atoms with E-state index in [0.29, 0.717) is 0 Å². The molecule has 0 aliphatic heterocycles. The van der Waals surface area contributed by atoms with E-state index in [2.05, 4.69) is 5.10 Å². The molecule has 0 unspecified atom stereocenters. The highest BCUT2D eigenvalue weighted by molar-refractivity contribution is 5.79. The number of rotatable bonds is 4. The van der Waals surface area contributed by atoms with Crippen LogP contribution < -0.4 is 10.6 Å². The molecule has 0 aliphatic rings. The number of ether oxygens (including phenoxy) is 1. The average Bonchev–Trinajstić information content (AvgIpc) is 2.46. The zero-order valence-electron chi connectivity index (χ0n) is 10.3. The summed E-state index contributed by atoms with van der Waals surface area (Å²) in [6, 6.07) is 8.81. The predicted molar refractivity (Wildman–Crippen MR) is 68.9 cm³/mol. The van der Waals surface area contributed by atoms with Gasteiger partial charge in [-0.2, -0.15) is 9.49 Å². The van der Waals surface area contributed by atoms with Crippen molar-refractivity contribution in [2.24, 2.45) is 10.9 Å². The molecule has 3 nitrogen and oxygen atoms in total. The van der Waals surface area contributed by atoms with E-state index in [1.165, 1.54) is 6.21 Å². The Morgan fingerprint density at radius 1 is 1.00 bits per heavy atom. The second-order valence-corrected chi connectivity index (χ2v) is 3.98. The molecule has 0 heterocycles. The van der Waals surface area contributed by atoms with Crippen molar-refractivity contribution in [1.82, 2.24) is 0 Å². The largest absolute Gasteiger partial charge is 0.486 e. The van der Waals surface area contributed by atoms with Crippen LogP contribution in [0.2, 0.25) is 0 Å². The van der Waals surface area contributed by atoms with E-state index >= 15 is 0 Å². The fourth-order valence-electron chi connectivity index (χ4n) is 1.57. The number of hydrogen-bond acceptors (Lipinski definition) is 3. The van der Waals surface area contributed by atoms with Gasteiger partial charge < -0.3 is 10.6 Å². The standard InChI is InChI=1S/C14H11F3N2O/c15-11-5-6-12(14(17)13(11)16)20-8-10-3-1-9(2-4-10)7-19-18/h1-7H,8,18H2. The molecule has 6 heteroatoms. The Balaban J connectivity index is 2.07. The third-order valence-electron chi connectivity index (χ3n) is 2.60. The fraction of sp³-hybridized carbons (Fsp3) is 0.0714. The van der Waals surface area contributed by atoms with Gasteiger partial charge in [0.15, 0.2) is 17.4 Å². The summed E-state index contributed by atoms with van der Waals surface area (Å²) in [6.07, 6.45) is 1.47. The monoisotopic (exact) mass is 280 g/mol. The minimum Gasteiger partial charge on any atom is -0.486 e. The van der Waals surface area contributed by atoms with E-state index < -0.39 is 17.5 Å². The van der Waals surface area contributed by atoms with Crippen LogP contribution >= 0.6 is 0 Å². The van der Waals surface area contributed by atoms with Crippen molar-refractivity contribution < 1.29 is 17.9 Å². The molecule has 0 aromatic heterocycles. The Labute approximate surface area is 113 Å². The number of halogens is 3. The number of hydrogen-bond donors (Lipinski definition) is 1. The Morgan fingerprint density at radius 2 is 1.70 bits per heavy atom. The summed E-state index contributed by atoms with van der Waals surface area (Å²) in [5, 5.41) is 3.38. The maximum atomic E-state index is 13.4. The van der Waals surface area contributed by atoms with Gasteiger partial charge in [-0.15, -0.1) is 0 Å². The van der Waals surface area contributed by atoms with Gasteiger partial charge in [0.05, 0.1) is 6.21 Å². The molecule has 0 fully saturated rings. The Bertz CT molecular complexity index is 627. The van der Waals surface area contributed by atoms with Crippen LogP contribution in [-0.2, 0) is 6.61 Å². The first kappa shape index (κ1) is 13.9. The first-order chi connectivity index (χ1) is 9.61. The molecule has 2 aromatic rings. The van der Waals surface area contributed by atoms with Gasteiger partial charge in [-0.1, -0.05) is 24.3 Å². The van der Waals surface area contributed by atoms with E-state index in [1.54, 1.807) is 24.3 Å². The molecule has 2 N–H and O–H groups in total. The molecule has 2 aromatic carbocycles. The summed E-state index contributed by atoms with van der Waals surface area (Å²) in [6.45, 7) is 0.0298. The Morgan fingerprint density at radius 3 is 2.35 bits per heavy atom. The van der Waals surface area contributed by atoms with Gasteiger partial charge in [0, 0.05) is 0 Å². The summed E-state index contributed by atoms with van der Waals surface area (Å²) < 4.78 is 44.2. The Hall–Kier alpha value is -2.50. The summed E-state index contributed by atoms with van der Waals surface area (Å²) in [5.74, 6) is 0.546. The van der Waals surface area contributed by atoms with Gasteiger partial charge in [-0.25, -0.2) is 8.78 Å². The smallest absolute Gasteiger partial charge is 0.203 e. The highest BCUT2D eigenvalue weighted by Crippen LogP contribution is 2.22. The van der Waals surface area contributed by atoms with Crippen LogP contribution in [0, 0.1) is 17.5 Å². The molecule has 0 atom stereocenters. The van der Waals surface area contributed by atoms with Crippen molar-refractivity contribution in [2.75, 3.05) is 0 Å². The molecule has 0 saturated heterocycles. The lowest BCUT2D eigenvalue weighted by Gasteiger charge is -2.08. The van der Waals surface area contributed by atoms with Crippen LogP contribution in [0.4, 0.5) is 13.2 Å². The molecule has 20 heavy (non-hydrogen) atoms. The molecule has 0 bridgehead atoms. The molecule has 0 amide bonds. The number of nitrogens with two attached hydrogens (primary N) is 1. The molecular weight excluding hydrogens is 269 g/mol. The van der Waals surface area contributed by atoms with Crippen LogP contribution in [0.1, 0.15) is 11.1 Å². The van der Waals surface area contributed by atoms with E-state index in [1.807, 2.05) is 0 Å². The second kappa shape index (κ2) is 6.10. The molecule has 0 radical (unpaired) electrons. The molecule has 0 saturated carbocycles. The van der Waals surface area contributed by atoms with E-state index in [9.17, 15) is 13.2 Å². The average molecular weight is 280 g/mol. The third kappa shape index (κ3) is 3.09. The molecule has 0 spiro atoms. The fourth-order valence-corrected chi connectivity index (χ4v) is 1.57. The van der Waals surface area contributed by atoms with Crippen molar-refractivity contribution >= 4 is 6.21 Å². The maximum Gasteiger partial charge on any atom is 0.203 e. The third-order valence-corrected chi connectivity index (χ3v) is 2.60. The zero-order valence-corrected chi connectivity index (χ0v) is 10.3. The summed E-state index contributed by atoms with van der Waals surface area (Å²) in [4.78, 5) is 0. The first-order valence-electron chi connectivity index (χ1n) is 5.70. The Kier molecular flexibility index (Phi) is 4.24. The normalized spacial score (nSPS) is 10.9. The van der Waals surface area contributed by atoms with Crippen LogP contribution in [0.15, 0.2) is 41.5 Å². The molecule has 2 rings (SSSR count). The van der Waals surface area contributed by atoms with Gasteiger partial charge in [0.2, 0.25) is 5.82 Å². The van der Waals surface area contributed by atoms with Crippen molar-refractivity contribution in [1.29, 1.82) is 0 Å². The number of hydrazone groups is 1. The van der Waals surface area contributed by atoms with E-state index in [4.69, 9.17) is 10.6 Å². The summed E-state index contributed by atoms with van der Waals surface area (Å²) in [7, 11) is 0. The lowest BCUT2D eigenvalue weighted by Crippen LogP contribution is -2.00. The van der Waals surface area contributed by atoms with Crippen LogP contribution in [0.3, 0.4) is 0 Å². The summed E-state index contributed by atoms with van der Waals surface area (Å²) in [5.41, 5.74) is 1.54. The minimum absolute atomic E-state index is 0.0298. The topological polar surface area (TPSA) is 47.6 Å². The van der Waals surface area contributed by atoms with E-state index in [-0.39, 0.29) is 12.4 Å². The first-order valence-corrected chi connectivity index (χ1v) is 5.70. The highest BCUT2D eigenvalue weighted by Gasteiger charge is 2.14. The van der Waals surface area contributed by atoms with Crippen LogP contribution in [0.25, 0.3) is 0 Å². The molecular formula is C14H11F3N2O. The number of benzene rings is 2. The van der Waals surface area contributed by atoms with E-state index in [0.717, 1.165) is 23.3 Å². The lowest BCUT2D eigenvalue weighted by atomic mass is 10.1. The van der Waals surface area contributed by atoms with Gasteiger partial charge in [0.1, 0.15) is 6.61 Å². The summed E-state index contributed by atoms with van der Waals surface area (Å²) >= 11 is 0. The zero-order chi connectivity index (χ0) is 14.5. The maximum absolute atomic E-state index is 13.4. The minimum atomic E-state index is -1.54. The van der Waals surface area contributed by atoms with Crippen LogP contribution in [0.5, 0.6) is 5.75 Å². The van der Waals surface area contributed by atoms with Crippen molar-refractivity contribution in [3.63, 3.8) is 0 Å². The van der Waals surface area contributed by atoms with Crippen molar-refractivity contribution in [2.45, 2.75) is 6.61 Å². The second-order valence-electron chi connectivity index (χ2n) is 3.98.